The number of halogens is 3. The Kier molecular flexibility index (Phi) is 6.60. The zero-order valence-electron chi connectivity index (χ0n) is 14.6. The number of hydrogen-bond donors (Lipinski definition) is 1. The van der Waals surface area contributed by atoms with Crippen molar-refractivity contribution in [2.45, 2.75) is 31.0 Å². The monoisotopic (exact) mass is 421 g/mol. The van der Waals surface area contributed by atoms with E-state index in [1.165, 1.54) is 23.3 Å². The molecule has 0 aliphatic rings. The van der Waals surface area contributed by atoms with Crippen molar-refractivity contribution < 1.29 is 26.4 Å². The Morgan fingerprint density at radius 3 is 2.63 bits per heavy atom. The van der Waals surface area contributed by atoms with Crippen LogP contribution >= 0.6 is 11.3 Å². The molecule has 0 spiro atoms. The number of nitrogens with zero attached hydrogens (tertiary/aromatic N) is 2. The summed E-state index contributed by atoms with van der Waals surface area (Å²) in [7, 11) is -2.76. The molecular weight excluding hydrogens is 403 g/mol. The van der Waals surface area contributed by atoms with Crippen molar-refractivity contribution in [3.05, 3.63) is 45.9 Å². The van der Waals surface area contributed by atoms with Gasteiger partial charge in [-0.15, -0.1) is 11.3 Å². The summed E-state index contributed by atoms with van der Waals surface area (Å²) in [5.41, 5.74) is -0.391. The van der Waals surface area contributed by atoms with E-state index in [0.717, 1.165) is 29.6 Å². The molecule has 11 heteroatoms. The predicted octanol–water partition coefficient (Wildman–Crippen LogP) is 2.66. The zero-order valence-corrected chi connectivity index (χ0v) is 16.2. The second kappa shape index (κ2) is 8.36. The first-order valence-corrected chi connectivity index (χ1v) is 10.2. The van der Waals surface area contributed by atoms with Gasteiger partial charge < -0.3 is 4.90 Å². The molecule has 2 aromatic rings. The molecule has 0 saturated heterocycles. The Balaban J connectivity index is 2.00. The minimum absolute atomic E-state index is 0.209. The van der Waals surface area contributed by atoms with Crippen LogP contribution in [0.15, 0.2) is 34.5 Å². The van der Waals surface area contributed by atoms with E-state index in [1.807, 2.05) is 17.0 Å². The summed E-state index contributed by atoms with van der Waals surface area (Å²) < 4.78 is 64.6. The maximum absolute atomic E-state index is 12.7. The number of nitrogens with one attached hydrogen (secondary N) is 1. The number of hydrogen-bond acceptors (Lipinski definition) is 5. The highest BCUT2D eigenvalue weighted by molar-refractivity contribution is 7.89. The molecule has 1 heterocycles. The summed E-state index contributed by atoms with van der Waals surface area (Å²) in [5, 5.41) is 2.74. The first-order chi connectivity index (χ1) is 12.5. The molecule has 1 aromatic heterocycles. The quantitative estimate of drug-likeness (QED) is 0.746. The second-order valence-electron chi connectivity index (χ2n) is 5.69. The van der Waals surface area contributed by atoms with Gasteiger partial charge >= 0.3 is 6.18 Å². The molecule has 0 aliphatic heterocycles. The van der Waals surface area contributed by atoms with E-state index in [9.17, 15) is 26.4 Å². The number of rotatable bonds is 7. The third kappa shape index (κ3) is 5.75. The van der Waals surface area contributed by atoms with Crippen LogP contribution in [0.2, 0.25) is 0 Å². The highest BCUT2D eigenvalue weighted by Gasteiger charge is 2.31. The van der Waals surface area contributed by atoms with Crippen molar-refractivity contribution in [1.29, 1.82) is 0 Å². The number of likely N-dealkylation sites (N-methyl/N-ethyl adjacent to an activating group) is 1. The fraction of sp³-hybridized carbons (Fsp3) is 0.375. The van der Waals surface area contributed by atoms with E-state index in [4.69, 9.17) is 0 Å². The SMILES string of the molecule is CCc1nc(CN(C)C(=O)CNS(=O)(=O)c2cccc(C(F)(F)F)c2)cs1. The molecule has 27 heavy (non-hydrogen) atoms. The van der Waals surface area contributed by atoms with Crippen LogP contribution in [0.25, 0.3) is 0 Å². The van der Waals surface area contributed by atoms with E-state index in [2.05, 4.69) is 4.98 Å². The van der Waals surface area contributed by atoms with Crippen LogP contribution in [0.5, 0.6) is 0 Å². The molecule has 0 radical (unpaired) electrons. The standard InChI is InChI=1S/C16H18F3N3O3S2/c1-3-14-21-12(10-26-14)9-22(2)15(23)8-20-27(24,25)13-6-4-5-11(7-13)16(17,18)19/h4-7,10,20H,3,8-9H2,1-2H3. The summed E-state index contributed by atoms with van der Waals surface area (Å²) in [6, 6.07) is 3.33. The van der Waals surface area contributed by atoms with Gasteiger partial charge in [0, 0.05) is 12.4 Å². The molecule has 6 nitrogen and oxygen atoms in total. The van der Waals surface area contributed by atoms with Crippen molar-refractivity contribution in [3.8, 4) is 0 Å². The number of aromatic nitrogens is 1. The first-order valence-electron chi connectivity index (χ1n) is 7.87. The molecule has 148 valence electrons. The minimum atomic E-state index is -4.66. The third-order valence-corrected chi connectivity index (χ3v) is 6.05. The molecule has 1 aromatic carbocycles. The fourth-order valence-electron chi connectivity index (χ4n) is 2.13. The summed E-state index contributed by atoms with van der Waals surface area (Å²) >= 11 is 1.47. The number of amides is 1. The highest BCUT2D eigenvalue weighted by Crippen LogP contribution is 2.30. The van der Waals surface area contributed by atoms with Gasteiger partial charge in [0.25, 0.3) is 0 Å². The largest absolute Gasteiger partial charge is 0.416 e. The zero-order chi connectivity index (χ0) is 20.2. The van der Waals surface area contributed by atoms with Gasteiger partial charge in [-0.1, -0.05) is 13.0 Å². The number of thiazole rings is 1. The Bertz CT molecular complexity index is 911. The van der Waals surface area contributed by atoms with E-state index in [-0.39, 0.29) is 6.54 Å². The first kappa shape index (κ1) is 21.3. The smallest absolute Gasteiger partial charge is 0.339 e. The lowest BCUT2D eigenvalue weighted by Crippen LogP contribution is -2.37. The highest BCUT2D eigenvalue weighted by atomic mass is 32.2. The fourth-order valence-corrected chi connectivity index (χ4v) is 3.89. The molecular formula is C16H18F3N3O3S2. The summed E-state index contributed by atoms with van der Waals surface area (Å²) in [6.07, 6.45) is -3.88. The lowest BCUT2D eigenvalue weighted by atomic mass is 10.2. The number of aryl methyl sites for hydroxylation is 1. The van der Waals surface area contributed by atoms with Crippen molar-refractivity contribution >= 4 is 27.3 Å². The third-order valence-electron chi connectivity index (χ3n) is 3.61. The van der Waals surface area contributed by atoms with Gasteiger partial charge in [0.1, 0.15) is 0 Å². The molecule has 0 saturated carbocycles. The van der Waals surface area contributed by atoms with E-state index < -0.39 is 39.1 Å². The van der Waals surface area contributed by atoms with Gasteiger partial charge in [-0.3, -0.25) is 4.79 Å². The molecule has 0 bridgehead atoms. The lowest BCUT2D eigenvalue weighted by molar-refractivity contribution is -0.137. The van der Waals surface area contributed by atoms with E-state index in [0.29, 0.717) is 11.8 Å². The van der Waals surface area contributed by atoms with Crippen molar-refractivity contribution in [2.24, 2.45) is 0 Å². The van der Waals surface area contributed by atoms with Crippen LogP contribution in [-0.4, -0.2) is 37.8 Å². The van der Waals surface area contributed by atoms with Crippen LogP contribution in [-0.2, 0) is 34.0 Å². The molecule has 0 fully saturated rings. The van der Waals surface area contributed by atoms with E-state index >= 15 is 0 Å². The molecule has 0 aliphatic carbocycles. The summed E-state index contributed by atoms with van der Waals surface area (Å²) in [6.45, 7) is 1.60. The van der Waals surface area contributed by atoms with Gasteiger partial charge in [0.2, 0.25) is 15.9 Å². The van der Waals surface area contributed by atoms with Crippen LogP contribution in [0.1, 0.15) is 23.2 Å². The van der Waals surface area contributed by atoms with Crippen LogP contribution < -0.4 is 4.72 Å². The number of carbonyl (C=O) groups excluding carboxylic acids is 1. The molecule has 2 rings (SSSR count). The van der Waals surface area contributed by atoms with E-state index in [1.54, 1.807) is 0 Å². The average molecular weight is 421 g/mol. The predicted molar refractivity (Wildman–Crippen MR) is 94.6 cm³/mol. The Morgan fingerprint density at radius 1 is 1.33 bits per heavy atom. The van der Waals surface area contributed by atoms with Crippen LogP contribution in [0, 0.1) is 0 Å². The maximum Gasteiger partial charge on any atom is 0.416 e. The summed E-state index contributed by atoms with van der Waals surface area (Å²) in [5.74, 6) is -0.531. The van der Waals surface area contributed by atoms with Crippen LogP contribution in [0.4, 0.5) is 13.2 Å². The maximum atomic E-state index is 12.7. The normalized spacial score (nSPS) is 12.2. The Labute approximate surface area is 159 Å². The van der Waals surface area contributed by atoms with Gasteiger partial charge in [0.15, 0.2) is 0 Å². The van der Waals surface area contributed by atoms with Gasteiger partial charge in [-0.25, -0.2) is 18.1 Å². The Hall–Kier alpha value is -1.98. The number of alkyl halides is 3. The van der Waals surface area contributed by atoms with Crippen LogP contribution in [0.3, 0.4) is 0 Å². The minimum Gasteiger partial charge on any atom is -0.339 e. The Morgan fingerprint density at radius 2 is 2.04 bits per heavy atom. The van der Waals surface area contributed by atoms with Crippen molar-refractivity contribution in [2.75, 3.05) is 13.6 Å². The average Bonchev–Trinajstić information content (AvgIpc) is 3.06. The lowest BCUT2D eigenvalue weighted by Gasteiger charge is -2.16. The number of carbonyl (C=O) groups is 1. The molecule has 0 atom stereocenters. The second-order valence-corrected chi connectivity index (χ2v) is 8.40. The van der Waals surface area contributed by atoms with Gasteiger partial charge in [-0.05, 0) is 24.6 Å². The topological polar surface area (TPSA) is 79.4 Å². The van der Waals surface area contributed by atoms with Gasteiger partial charge in [-0.2, -0.15) is 13.2 Å². The van der Waals surface area contributed by atoms with Gasteiger partial charge in [0.05, 0.1) is 34.2 Å². The number of benzene rings is 1. The molecule has 1 N–H and O–H groups in total. The molecule has 0 unspecified atom stereocenters. The van der Waals surface area contributed by atoms with Crippen molar-refractivity contribution in [3.63, 3.8) is 0 Å². The molecule has 1 amide bonds. The number of sulfonamides is 1. The van der Waals surface area contributed by atoms with Crippen molar-refractivity contribution in [1.82, 2.24) is 14.6 Å². The summed E-state index contributed by atoms with van der Waals surface area (Å²) in [4.78, 5) is 17.2.